The summed E-state index contributed by atoms with van der Waals surface area (Å²) in [4.78, 5) is 38.6. The molecule has 1 fully saturated rings. The first-order valence-corrected chi connectivity index (χ1v) is 10.8. The van der Waals surface area contributed by atoms with E-state index >= 15 is 0 Å². The number of rotatable bonds is 5. The van der Waals surface area contributed by atoms with Crippen molar-refractivity contribution in [1.29, 1.82) is 0 Å². The lowest BCUT2D eigenvalue weighted by Crippen LogP contribution is -2.27. The second-order valence-corrected chi connectivity index (χ2v) is 8.55. The molecule has 2 heterocycles. The Kier molecular flexibility index (Phi) is 6.21. The van der Waals surface area contributed by atoms with Gasteiger partial charge in [-0.15, -0.1) is 0 Å². The molecule has 6 nitrogen and oxygen atoms in total. The van der Waals surface area contributed by atoms with Crippen LogP contribution in [0.5, 0.6) is 0 Å². The third-order valence-electron chi connectivity index (χ3n) is 4.85. The Bertz CT molecular complexity index is 1260. The number of carbonyl (C=O) groups excluding carboxylic acids is 3. The number of nitrogens with zero attached hydrogens (tertiary/aromatic N) is 1. The summed E-state index contributed by atoms with van der Waals surface area (Å²) in [5.41, 5.74) is 2.80. The molecule has 1 aliphatic rings. The molecule has 1 saturated heterocycles. The topological polar surface area (TPSA) is 76.8 Å². The van der Waals surface area contributed by atoms with Gasteiger partial charge >= 0.3 is 5.97 Å². The molecule has 162 valence electrons. The molecule has 2 amide bonds. The van der Waals surface area contributed by atoms with Crippen LogP contribution in [0.25, 0.3) is 17.4 Å². The van der Waals surface area contributed by atoms with Crippen LogP contribution in [-0.2, 0) is 16.1 Å². The van der Waals surface area contributed by atoms with Gasteiger partial charge in [0.05, 0.1) is 29.1 Å². The lowest BCUT2D eigenvalue weighted by atomic mass is 10.1. The highest BCUT2D eigenvalue weighted by atomic mass is 35.5. The van der Waals surface area contributed by atoms with Gasteiger partial charge in [0.2, 0.25) is 0 Å². The van der Waals surface area contributed by atoms with Crippen molar-refractivity contribution in [2.45, 2.75) is 13.5 Å². The van der Waals surface area contributed by atoms with E-state index in [-0.39, 0.29) is 33.2 Å². The molecular weight excluding hydrogens is 450 g/mol. The monoisotopic (exact) mass is 467 g/mol. The molecule has 0 aliphatic carbocycles. The molecule has 0 bridgehead atoms. The van der Waals surface area contributed by atoms with Crippen molar-refractivity contribution in [2.24, 2.45) is 0 Å². The first-order chi connectivity index (χ1) is 15.4. The van der Waals surface area contributed by atoms with Gasteiger partial charge in [0, 0.05) is 11.6 Å². The number of methoxy groups -OCH3 is 1. The van der Waals surface area contributed by atoms with Crippen molar-refractivity contribution in [3.05, 3.63) is 87.0 Å². The molecule has 4 rings (SSSR count). The summed E-state index contributed by atoms with van der Waals surface area (Å²) in [5.74, 6) is -0.0162. The van der Waals surface area contributed by atoms with Crippen molar-refractivity contribution in [3.8, 4) is 11.3 Å². The van der Waals surface area contributed by atoms with E-state index in [0.29, 0.717) is 17.1 Å². The Morgan fingerprint density at radius 1 is 1.16 bits per heavy atom. The van der Waals surface area contributed by atoms with E-state index in [1.807, 2.05) is 31.2 Å². The minimum absolute atomic E-state index is 0.216. The van der Waals surface area contributed by atoms with Crippen LogP contribution in [0.1, 0.15) is 27.2 Å². The van der Waals surface area contributed by atoms with Crippen molar-refractivity contribution < 1.29 is 23.5 Å². The van der Waals surface area contributed by atoms with Gasteiger partial charge in [0.15, 0.2) is 0 Å². The molecule has 0 radical (unpaired) electrons. The number of carbonyl (C=O) groups is 3. The van der Waals surface area contributed by atoms with E-state index in [4.69, 9.17) is 20.8 Å². The van der Waals surface area contributed by atoms with Crippen LogP contribution in [-0.4, -0.2) is 29.1 Å². The SMILES string of the molecule is COC(=O)c1cc(-c2ccc(/C=C3\SC(=O)N(Cc4cccc(C)c4)C3=O)o2)ccc1Cl. The molecular formula is C24H18ClNO5S. The summed E-state index contributed by atoms with van der Waals surface area (Å²) in [5, 5.41) is -0.0513. The summed E-state index contributed by atoms with van der Waals surface area (Å²) in [6.45, 7) is 2.18. The Hall–Kier alpha value is -3.29. The van der Waals surface area contributed by atoms with Gasteiger partial charge in [0.1, 0.15) is 11.5 Å². The smallest absolute Gasteiger partial charge is 0.339 e. The third-order valence-corrected chi connectivity index (χ3v) is 6.09. The number of aryl methyl sites for hydroxylation is 1. The van der Waals surface area contributed by atoms with Gasteiger partial charge in [-0.1, -0.05) is 41.4 Å². The second-order valence-electron chi connectivity index (χ2n) is 7.15. The molecule has 0 atom stereocenters. The van der Waals surface area contributed by atoms with E-state index < -0.39 is 5.97 Å². The largest absolute Gasteiger partial charge is 0.465 e. The summed E-state index contributed by atoms with van der Waals surface area (Å²) >= 11 is 6.94. The van der Waals surface area contributed by atoms with Crippen LogP contribution in [0, 0.1) is 6.92 Å². The van der Waals surface area contributed by atoms with Crippen molar-refractivity contribution >= 4 is 46.6 Å². The summed E-state index contributed by atoms with van der Waals surface area (Å²) < 4.78 is 10.6. The average molecular weight is 468 g/mol. The summed E-state index contributed by atoms with van der Waals surface area (Å²) in [7, 11) is 1.28. The van der Waals surface area contributed by atoms with Crippen LogP contribution < -0.4 is 0 Å². The normalized spacial score (nSPS) is 15.0. The highest BCUT2D eigenvalue weighted by molar-refractivity contribution is 8.18. The number of imide groups is 1. The molecule has 0 unspecified atom stereocenters. The number of hydrogen-bond acceptors (Lipinski definition) is 6. The molecule has 0 saturated carbocycles. The predicted molar refractivity (Wildman–Crippen MR) is 123 cm³/mol. The first kappa shape index (κ1) is 21.9. The molecule has 0 N–H and O–H groups in total. The fourth-order valence-electron chi connectivity index (χ4n) is 3.29. The van der Waals surface area contributed by atoms with Crippen LogP contribution in [0.4, 0.5) is 4.79 Å². The molecule has 1 aromatic heterocycles. The zero-order chi connectivity index (χ0) is 22.8. The Morgan fingerprint density at radius 3 is 2.72 bits per heavy atom. The minimum atomic E-state index is -0.550. The number of amides is 2. The summed E-state index contributed by atoms with van der Waals surface area (Å²) in [6.07, 6.45) is 1.54. The number of benzene rings is 2. The molecule has 1 aliphatic heterocycles. The first-order valence-electron chi connectivity index (χ1n) is 9.64. The maximum atomic E-state index is 12.8. The highest BCUT2D eigenvalue weighted by Crippen LogP contribution is 2.34. The zero-order valence-electron chi connectivity index (χ0n) is 17.3. The van der Waals surface area contributed by atoms with Crippen LogP contribution in [0.2, 0.25) is 5.02 Å². The summed E-state index contributed by atoms with van der Waals surface area (Å²) in [6, 6.07) is 16.0. The van der Waals surface area contributed by atoms with E-state index in [2.05, 4.69) is 0 Å². The lowest BCUT2D eigenvalue weighted by Gasteiger charge is -2.12. The van der Waals surface area contributed by atoms with Gasteiger partial charge in [-0.3, -0.25) is 14.5 Å². The molecule has 8 heteroatoms. The molecule has 3 aromatic rings. The molecule has 32 heavy (non-hydrogen) atoms. The lowest BCUT2D eigenvalue weighted by molar-refractivity contribution is -0.123. The van der Waals surface area contributed by atoms with Gasteiger partial charge < -0.3 is 9.15 Å². The quantitative estimate of drug-likeness (QED) is 0.342. The zero-order valence-corrected chi connectivity index (χ0v) is 18.8. The highest BCUT2D eigenvalue weighted by Gasteiger charge is 2.35. The van der Waals surface area contributed by atoms with Crippen LogP contribution in [0.3, 0.4) is 0 Å². The van der Waals surface area contributed by atoms with E-state index in [0.717, 1.165) is 22.9 Å². The number of esters is 1. The van der Waals surface area contributed by atoms with Gasteiger partial charge in [-0.05, 0) is 54.6 Å². The Labute approximate surface area is 193 Å². The average Bonchev–Trinajstić information content (AvgIpc) is 3.34. The number of thioether (sulfide) groups is 1. The third kappa shape index (κ3) is 4.49. The van der Waals surface area contributed by atoms with Gasteiger partial charge in [-0.25, -0.2) is 4.79 Å². The maximum Gasteiger partial charge on any atom is 0.339 e. The van der Waals surface area contributed by atoms with Crippen molar-refractivity contribution in [3.63, 3.8) is 0 Å². The fraction of sp³-hybridized carbons (Fsp3) is 0.125. The van der Waals surface area contributed by atoms with E-state index in [1.165, 1.54) is 12.0 Å². The number of halogens is 1. The maximum absolute atomic E-state index is 12.8. The Morgan fingerprint density at radius 2 is 1.97 bits per heavy atom. The number of ether oxygens (including phenoxy) is 1. The standard InChI is InChI=1S/C24H18ClNO5S/c1-14-4-3-5-15(10-14)13-26-22(27)21(32-24(26)29)12-17-7-9-20(31-17)16-6-8-19(25)18(11-16)23(28)30-2/h3-12H,13H2,1-2H3/b21-12-. The van der Waals surface area contributed by atoms with Gasteiger partial charge in [-0.2, -0.15) is 0 Å². The molecule has 0 spiro atoms. The number of hydrogen-bond donors (Lipinski definition) is 0. The fourth-order valence-corrected chi connectivity index (χ4v) is 4.30. The van der Waals surface area contributed by atoms with Crippen LogP contribution in [0.15, 0.2) is 63.9 Å². The van der Waals surface area contributed by atoms with Gasteiger partial charge in [0.25, 0.3) is 11.1 Å². The van der Waals surface area contributed by atoms with Crippen molar-refractivity contribution in [1.82, 2.24) is 4.90 Å². The van der Waals surface area contributed by atoms with E-state index in [9.17, 15) is 14.4 Å². The Balaban J connectivity index is 1.55. The van der Waals surface area contributed by atoms with Crippen LogP contribution >= 0.6 is 23.4 Å². The second kappa shape index (κ2) is 9.06. The minimum Gasteiger partial charge on any atom is -0.465 e. The van der Waals surface area contributed by atoms with Crippen molar-refractivity contribution in [2.75, 3.05) is 7.11 Å². The van der Waals surface area contributed by atoms with E-state index in [1.54, 1.807) is 36.4 Å². The predicted octanol–water partition coefficient (Wildman–Crippen LogP) is 5.93. The number of furan rings is 1. The molecule has 2 aromatic carbocycles.